The van der Waals surface area contributed by atoms with E-state index in [0.717, 1.165) is 69.4 Å². The Bertz CT molecular complexity index is 1240. The molecule has 3 N–H and O–H groups in total. The molecule has 0 unspecified atom stereocenters. The van der Waals surface area contributed by atoms with Crippen molar-refractivity contribution in [1.82, 2.24) is 15.2 Å². The van der Waals surface area contributed by atoms with Crippen molar-refractivity contribution in [2.75, 3.05) is 55.6 Å². The fourth-order valence-electron chi connectivity index (χ4n) is 6.96. The second-order valence-corrected chi connectivity index (χ2v) is 14.2. The molecule has 1 aromatic rings. The molecule has 44 heavy (non-hydrogen) atoms. The first-order chi connectivity index (χ1) is 21.1. The number of likely N-dealkylation sites (tertiary alicyclic amines) is 1. The monoisotopic (exact) mass is 600 g/mol. The molecule has 0 radical (unpaired) electrons. The van der Waals surface area contributed by atoms with Crippen molar-refractivity contribution in [2.45, 2.75) is 92.9 Å². The van der Waals surface area contributed by atoms with Crippen LogP contribution in [0.2, 0.25) is 0 Å². The van der Waals surface area contributed by atoms with E-state index in [4.69, 9.17) is 10.7 Å². The largest absolute Gasteiger partial charge is 0.372 e. The summed E-state index contributed by atoms with van der Waals surface area (Å²) in [6.07, 6.45) is 22.5. The van der Waals surface area contributed by atoms with Gasteiger partial charge < -0.3 is 25.8 Å². The summed E-state index contributed by atoms with van der Waals surface area (Å²) in [4.78, 5) is 12.6. The van der Waals surface area contributed by atoms with Gasteiger partial charge in [0.2, 0.25) is 0 Å². The van der Waals surface area contributed by atoms with Crippen LogP contribution in [0.1, 0.15) is 90.8 Å². The molecule has 0 bridgehead atoms. The number of rotatable bonds is 11. The summed E-state index contributed by atoms with van der Waals surface area (Å²) >= 11 is 0. The minimum Gasteiger partial charge on any atom is -0.372 e. The minimum atomic E-state index is 0.373. The van der Waals surface area contributed by atoms with Gasteiger partial charge in [0, 0.05) is 63.4 Å². The highest BCUT2D eigenvalue weighted by Crippen LogP contribution is 2.37. The van der Waals surface area contributed by atoms with Crippen LogP contribution in [0.4, 0.5) is 11.4 Å². The number of nitrogens with one attached hydrogen (secondary N) is 1. The minimum absolute atomic E-state index is 0.373. The summed E-state index contributed by atoms with van der Waals surface area (Å²) in [5, 5.41) is 3.58. The number of nitrogens with zero attached hydrogens (tertiary/aromatic N) is 4. The first-order valence-corrected chi connectivity index (χ1v) is 17.2. The number of hydrogen-bond acceptors (Lipinski definition) is 6. The Balaban J connectivity index is 1.42. The third-order valence-corrected chi connectivity index (χ3v) is 9.78. The van der Waals surface area contributed by atoms with Crippen molar-refractivity contribution in [3.63, 3.8) is 0 Å². The Kier molecular flexibility index (Phi) is 12.2. The summed E-state index contributed by atoms with van der Waals surface area (Å²) in [5.41, 5.74) is 16.6. The van der Waals surface area contributed by atoms with Crippen molar-refractivity contribution in [3.8, 4) is 0 Å². The molecule has 2 saturated heterocycles. The molecule has 6 heteroatoms. The number of nitrogens with two attached hydrogens (primary N) is 1. The smallest absolute Gasteiger partial charge is 0.0641 e. The van der Waals surface area contributed by atoms with Crippen LogP contribution in [-0.2, 0) is 6.42 Å². The summed E-state index contributed by atoms with van der Waals surface area (Å²) in [5.74, 6) is 0.870. The normalized spacial score (nSPS) is 20.6. The first-order valence-electron chi connectivity index (χ1n) is 17.2. The van der Waals surface area contributed by atoms with Gasteiger partial charge in [-0.1, -0.05) is 52.8 Å². The van der Waals surface area contributed by atoms with Crippen molar-refractivity contribution in [3.05, 3.63) is 77.1 Å². The molecule has 3 aliphatic heterocycles. The van der Waals surface area contributed by atoms with Crippen LogP contribution in [-0.4, -0.2) is 55.7 Å². The quantitative estimate of drug-likeness (QED) is 0.255. The van der Waals surface area contributed by atoms with E-state index in [9.17, 15) is 0 Å². The zero-order valence-corrected chi connectivity index (χ0v) is 28.7. The van der Waals surface area contributed by atoms with Crippen LogP contribution >= 0.6 is 0 Å². The fourth-order valence-corrected chi connectivity index (χ4v) is 6.96. The van der Waals surface area contributed by atoms with Gasteiger partial charge in [-0.15, -0.1) is 0 Å². The molecule has 0 aromatic carbocycles. The third kappa shape index (κ3) is 9.03. The maximum absolute atomic E-state index is 6.07. The van der Waals surface area contributed by atoms with E-state index in [1.807, 2.05) is 0 Å². The highest BCUT2D eigenvalue weighted by atomic mass is 15.2. The molecule has 0 atom stereocenters. The first kappa shape index (κ1) is 33.9. The highest BCUT2D eigenvalue weighted by molar-refractivity contribution is 5.70. The van der Waals surface area contributed by atoms with Crippen LogP contribution < -0.4 is 20.9 Å². The SMILES string of the molecule is C=C(/C=C\C(=C/C)N/C=C1/CCN(c2cnc3c(c2C)N(CCCC(C)(C)C)CCC3)C/C1=C/CN)N1CCC(CC)CC1. The second-order valence-electron chi connectivity index (χ2n) is 14.2. The Hall–Kier alpha value is -2.99. The van der Waals surface area contributed by atoms with Crippen molar-refractivity contribution >= 4 is 11.4 Å². The summed E-state index contributed by atoms with van der Waals surface area (Å²) in [6.45, 7) is 24.9. The highest BCUT2D eigenvalue weighted by Gasteiger charge is 2.26. The standard InChI is InChI=1S/C38H60N6/c1-8-31-16-23-42(24-17-31)29(3)13-14-34(9-2)40-26-32-18-25-44(28-33(32)15-20-39)36-27-41-35-12-10-21-43(37(35)30(36)4)22-11-19-38(5,6)7/h9,13-15,26-27,31,40H,3,8,10-12,16-25,28,39H2,1-2,4-7H3/b14-13-,32-26-,33-15-,34-9+. The number of anilines is 2. The number of aryl methyl sites for hydroxylation is 1. The number of hydrogen-bond donors (Lipinski definition) is 2. The van der Waals surface area contributed by atoms with Gasteiger partial charge in [-0.05, 0) is 99.0 Å². The molecular weight excluding hydrogens is 540 g/mol. The van der Waals surface area contributed by atoms with E-state index >= 15 is 0 Å². The molecule has 2 fully saturated rings. The fraction of sp³-hybridized carbons (Fsp3) is 0.605. The number of piperidine rings is 2. The van der Waals surface area contributed by atoms with E-state index < -0.39 is 0 Å². The number of pyridine rings is 1. The molecule has 4 rings (SSSR count). The average Bonchev–Trinajstić information content (AvgIpc) is 3.01. The van der Waals surface area contributed by atoms with E-state index in [1.54, 1.807) is 0 Å². The molecule has 0 saturated carbocycles. The van der Waals surface area contributed by atoms with Crippen LogP contribution in [0.25, 0.3) is 0 Å². The maximum atomic E-state index is 6.07. The number of fused-ring (bicyclic) bond motifs is 1. The molecular formula is C38H60N6. The Labute approximate surface area is 268 Å². The lowest BCUT2D eigenvalue weighted by Crippen LogP contribution is -2.36. The summed E-state index contributed by atoms with van der Waals surface area (Å²) in [7, 11) is 0. The lowest BCUT2D eigenvalue weighted by Gasteiger charge is -2.37. The number of aromatic nitrogens is 1. The molecule has 3 aliphatic rings. The van der Waals surface area contributed by atoms with Gasteiger partial charge in [0.05, 0.1) is 23.3 Å². The van der Waals surface area contributed by atoms with Crippen molar-refractivity contribution in [2.24, 2.45) is 17.1 Å². The van der Waals surface area contributed by atoms with Gasteiger partial charge in [-0.3, -0.25) is 4.98 Å². The second kappa shape index (κ2) is 15.8. The average molecular weight is 601 g/mol. The van der Waals surface area contributed by atoms with Crippen molar-refractivity contribution in [1.29, 1.82) is 0 Å². The van der Waals surface area contributed by atoms with Gasteiger partial charge in [-0.2, -0.15) is 0 Å². The van der Waals surface area contributed by atoms with Crippen LogP contribution in [0.3, 0.4) is 0 Å². The van der Waals surface area contributed by atoms with E-state index in [2.05, 4.69) is 105 Å². The predicted molar refractivity (Wildman–Crippen MR) is 190 cm³/mol. The Morgan fingerprint density at radius 2 is 1.89 bits per heavy atom. The predicted octanol–water partition coefficient (Wildman–Crippen LogP) is 7.63. The molecule has 0 aliphatic carbocycles. The Morgan fingerprint density at radius 1 is 1.11 bits per heavy atom. The van der Waals surface area contributed by atoms with E-state index in [-0.39, 0.29) is 0 Å². The summed E-state index contributed by atoms with van der Waals surface area (Å²) < 4.78 is 0. The van der Waals surface area contributed by atoms with Gasteiger partial charge in [0.1, 0.15) is 0 Å². The molecule has 242 valence electrons. The van der Waals surface area contributed by atoms with Gasteiger partial charge in [0.25, 0.3) is 0 Å². The third-order valence-electron chi connectivity index (χ3n) is 9.78. The zero-order chi connectivity index (χ0) is 31.7. The number of allylic oxidation sites excluding steroid dienone is 3. The van der Waals surface area contributed by atoms with E-state index in [0.29, 0.717) is 12.0 Å². The van der Waals surface area contributed by atoms with E-state index in [1.165, 1.54) is 72.3 Å². The topological polar surface area (TPSA) is 60.7 Å². The van der Waals surface area contributed by atoms with Crippen LogP contribution in [0.15, 0.2) is 65.8 Å². The zero-order valence-electron chi connectivity index (χ0n) is 28.7. The molecule has 6 nitrogen and oxygen atoms in total. The lowest BCUT2D eigenvalue weighted by atomic mass is 9.90. The van der Waals surface area contributed by atoms with Gasteiger partial charge >= 0.3 is 0 Å². The lowest BCUT2D eigenvalue weighted by molar-refractivity contribution is 0.229. The summed E-state index contributed by atoms with van der Waals surface area (Å²) in [6, 6.07) is 0. The molecule has 0 amide bonds. The van der Waals surface area contributed by atoms with Gasteiger partial charge in [0.15, 0.2) is 0 Å². The van der Waals surface area contributed by atoms with Crippen LogP contribution in [0, 0.1) is 18.3 Å². The Morgan fingerprint density at radius 3 is 2.57 bits per heavy atom. The molecule has 1 aromatic heterocycles. The van der Waals surface area contributed by atoms with Crippen LogP contribution in [0.5, 0.6) is 0 Å². The van der Waals surface area contributed by atoms with Crippen molar-refractivity contribution < 1.29 is 0 Å². The maximum Gasteiger partial charge on any atom is 0.0641 e. The van der Waals surface area contributed by atoms with Gasteiger partial charge in [-0.25, -0.2) is 0 Å². The molecule has 4 heterocycles. The molecule has 0 spiro atoms.